The molecule has 1 saturated carbocycles. The molecule has 0 bridgehead atoms. The molecule has 1 atom stereocenters. The van der Waals surface area contributed by atoms with Crippen molar-refractivity contribution in [1.29, 1.82) is 0 Å². The van der Waals surface area contributed by atoms with Crippen LogP contribution in [0.3, 0.4) is 0 Å². The van der Waals surface area contributed by atoms with Gasteiger partial charge >= 0.3 is 0 Å². The molecular weight excluding hydrogens is 280 g/mol. The fourth-order valence-corrected chi connectivity index (χ4v) is 4.30. The van der Waals surface area contributed by atoms with Crippen LogP contribution >= 0.6 is 0 Å². The van der Waals surface area contributed by atoms with E-state index < -0.39 is 0 Å². The minimum absolute atomic E-state index is 0.0206. The number of aryl methyl sites for hydroxylation is 1. The van der Waals surface area contributed by atoms with Crippen molar-refractivity contribution in [2.75, 3.05) is 0 Å². The Labute approximate surface area is 138 Å². The van der Waals surface area contributed by atoms with Crippen LogP contribution in [0.4, 0.5) is 0 Å². The molecule has 0 aromatic heterocycles. The molecular formula is C22H24O. The van der Waals surface area contributed by atoms with Gasteiger partial charge in [0.05, 0.1) is 5.92 Å². The molecule has 23 heavy (non-hydrogen) atoms. The quantitative estimate of drug-likeness (QED) is 0.709. The van der Waals surface area contributed by atoms with Gasteiger partial charge in [0.2, 0.25) is 0 Å². The van der Waals surface area contributed by atoms with Crippen molar-refractivity contribution < 1.29 is 4.79 Å². The summed E-state index contributed by atoms with van der Waals surface area (Å²) in [4.78, 5) is 12.7. The van der Waals surface area contributed by atoms with E-state index in [1.165, 1.54) is 54.4 Å². The SMILES string of the molecule is Cc1ccc2c(c1)C(=O)C(c1ccc(C3CCCCC3)cc1)C2. The molecule has 0 N–H and O–H groups in total. The van der Waals surface area contributed by atoms with Gasteiger partial charge < -0.3 is 0 Å². The van der Waals surface area contributed by atoms with Crippen molar-refractivity contribution in [3.05, 3.63) is 70.3 Å². The van der Waals surface area contributed by atoms with E-state index in [2.05, 4.69) is 43.3 Å². The Morgan fingerprint density at radius 3 is 2.30 bits per heavy atom. The monoisotopic (exact) mass is 304 g/mol. The Bertz CT molecular complexity index is 720. The lowest BCUT2D eigenvalue weighted by molar-refractivity contribution is 0.0973. The van der Waals surface area contributed by atoms with Gasteiger partial charge in [0, 0.05) is 5.56 Å². The zero-order valence-corrected chi connectivity index (χ0v) is 13.8. The summed E-state index contributed by atoms with van der Waals surface area (Å²) in [5, 5.41) is 0. The molecule has 2 aliphatic rings. The number of hydrogen-bond donors (Lipinski definition) is 0. The molecule has 1 fully saturated rings. The Morgan fingerprint density at radius 2 is 1.57 bits per heavy atom. The average Bonchev–Trinajstić information content (AvgIpc) is 2.92. The summed E-state index contributed by atoms with van der Waals surface area (Å²) in [7, 11) is 0. The molecule has 4 rings (SSSR count). The van der Waals surface area contributed by atoms with E-state index in [4.69, 9.17) is 0 Å². The van der Waals surface area contributed by atoms with Gasteiger partial charge in [-0.3, -0.25) is 4.79 Å². The van der Waals surface area contributed by atoms with Crippen LogP contribution < -0.4 is 0 Å². The second-order valence-electron chi connectivity index (χ2n) is 7.28. The van der Waals surface area contributed by atoms with Gasteiger partial charge in [-0.25, -0.2) is 0 Å². The van der Waals surface area contributed by atoms with E-state index in [0.29, 0.717) is 5.78 Å². The highest BCUT2D eigenvalue weighted by molar-refractivity contribution is 6.05. The summed E-state index contributed by atoms with van der Waals surface area (Å²) >= 11 is 0. The highest BCUT2D eigenvalue weighted by atomic mass is 16.1. The summed E-state index contributed by atoms with van der Waals surface area (Å²) in [6.07, 6.45) is 7.63. The molecule has 0 amide bonds. The lowest BCUT2D eigenvalue weighted by atomic mass is 9.83. The molecule has 2 aliphatic carbocycles. The summed E-state index contributed by atoms with van der Waals surface area (Å²) in [6, 6.07) is 15.2. The van der Waals surface area contributed by atoms with Gasteiger partial charge in [0.1, 0.15) is 0 Å². The van der Waals surface area contributed by atoms with Crippen LogP contribution in [0.1, 0.15) is 76.6 Å². The Hall–Kier alpha value is -1.89. The third-order valence-corrected chi connectivity index (χ3v) is 5.69. The fourth-order valence-electron chi connectivity index (χ4n) is 4.30. The molecule has 1 heteroatoms. The lowest BCUT2D eigenvalue weighted by Crippen LogP contribution is -2.08. The second-order valence-corrected chi connectivity index (χ2v) is 7.28. The van der Waals surface area contributed by atoms with Crippen molar-refractivity contribution >= 4 is 5.78 Å². The number of carbonyl (C=O) groups excluding carboxylic acids is 1. The molecule has 1 nitrogen and oxygen atoms in total. The van der Waals surface area contributed by atoms with Gasteiger partial charge in [-0.15, -0.1) is 0 Å². The molecule has 2 aromatic rings. The minimum atomic E-state index is 0.0206. The normalized spacial score (nSPS) is 21.4. The number of rotatable bonds is 2. The standard InChI is InChI=1S/C22H24O/c1-15-7-8-19-14-21(22(23)20(19)13-15)18-11-9-17(10-12-18)16-5-3-2-4-6-16/h7-13,16,21H,2-6,14H2,1H3. The molecule has 0 heterocycles. The Kier molecular flexibility index (Phi) is 3.80. The van der Waals surface area contributed by atoms with E-state index in [9.17, 15) is 4.79 Å². The van der Waals surface area contributed by atoms with Crippen LogP contribution in [-0.2, 0) is 6.42 Å². The molecule has 0 spiro atoms. The number of Topliss-reactive ketones (excluding diaryl/α,β-unsaturated/α-hetero) is 1. The first-order valence-corrected chi connectivity index (χ1v) is 8.96. The van der Waals surface area contributed by atoms with E-state index in [1.54, 1.807) is 0 Å². The zero-order valence-electron chi connectivity index (χ0n) is 13.8. The van der Waals surface area contributed by atoms with Gasteiger partial charge in [0.15, 0.2) is 5.78 Å². The third-order valence-electron chi connectivity index (χ3n) is 5.69. The number of fused-ring (bicyclic) bond motifs is 1. The maximum atomic E-state index is 12.7. The molecule has 0 saturated heterocycles. The van der Waals surface area contributed by atoms with Crippen LogP contribution in [0.15, 0.2) is 42.5 Å². The fraction of sp³-hybridized carbons (Fsp3) is 0.409. The van der Waals surface area contributed by atoms with E-state index in [0.717, 1.165) is 17.9 Å². The summed E-state index contributed by atoms with van der Waals surface area (Å²) < 4.78 is 0. The van der Waals surface area contributed by atoms with Crippen molar-refractivity contribution in [3.63, 3.8) is 0 Å². The first-order valence-electron chi connectivity index (χ1n) is 8.96. The van der Waals surface area contributed by atoms with Gasteiger partial charge in [0.25, 0.3) is 0 Å². The largest absolute Gasteiger partial charge is 0.293 e. The summed E-state index contributed by atoms with van der Waals surface area (Å²) in [6.45, 7) is 2.06. The maximum absolute atomic E-state index is 12.7. The van der Waals surface area contributed by atoms with Crippen molar-refractivity contribution in [3.8, 4) is 0 Å². The topological polar surface area (TPSA) is 17.1 Å². The number of hydrogen-bond acceptors (Lipinski definition) is 1. The van der Waals surface area contributed by atoms with Crippen molar-refractivity contribution in [1.82, 2.24) is 0 Å². The van der Waals surface area contributed by atoms with Gasteiger partial charge in [-0.1, -0.05) is 61.2 Å². The molecule has 2 aromatic carbocycles. The third kappa shape index (κ3) is 2.73. The highest BCUT2D eigenvalue weighted by Crippen LogP contribution is 2.36. The second kappa shape index (κ2) is 5.96. The first-order chi connectivity index (χ1) is 11.2. The van der Waals surface area contributed by atoms with Crippen molar-refractivity contribution in [2.45, 2.75) is 57.3 Å². The Balaban J connectivity index is 1.56. The predicted molar refractivity (Wildman–Crippen MR) is 94.2 cm³/mol. The van der Waals surface area contributed by atoms with Crippen LogP contribution in [0.25, 0.3) is 0 Å². The molecule has 118 valence electrons. The molecule has 1 unspecified atom stereocenters. The molecule has 0 radical (unpaired) electrons. The summed E-state index contributed by atoms with van der Waals surface area (Å²) in [5.41, 5.74) is 5.97. The van der Waals surface area contributed by atoms with Gasteiger partial charge in [-0.05, 0) is 54.9 Å². The van der Waals surface area contributed by atoms with Crippen molar-refractivity contribution in [2.24, 2.45) is 0 Å². The van der Waals surface area contributed by atoms with E-state index in [-0.39, 0.29) is 5.92 Å². The Morgan fingerprint density at radius 1 is 0.870 bits per heavy atom. The number of ketones is 1. The van der Waals surface area contributed by atoms with Crippen LogP contribution in [0.5, 0.6) is 0 Å². The van der Waals surface area contributed by atoms with Crippen LogP contribution in [-0.4, -0.2) is 5.78 Å². The molecule has 0 aliphatic heterocycles. The van der Waals surface area contributed by atoms with Crippen LogP contribution in [0, 0.1) is 6.92 Å². The number of carbonyl (C=O) groups is 1. The lowest BCUT2D eigenvalue weighted by Gasteiger charge is -2.22. The summed E-state index contributed by atoms with van der Waals surface area (Å²) in [5.74, 6) is 1.05. The first kappa shape index (κ1) is 14.7. The zero-order chi connectivity index (χ0) is 15.8. The van der Waals surface area contributed by atoms with Crippen LogP contribution in [0.2, 0.25) is 0 Å². The average molecular weight is 304 g/mol. The predicted octanol–water partition coefficient (Wildman–Crippen LogP) is 5.57. The van der Waals surface area contributed by atoms with Gasteiger partial charge in [-0.2, -0.15) is 0 Å². The number of benzene rings is 2. The van der Waals surface area contributed by atoms with E-state index in [1.807, 2.05) is 6.07 Å². The highest BCUT2D eigenvalue weighted by Gasteiger charge is 2.31. The minimum Gasteiger partial charge on any atom is -0.293 e. The smallest absolute Gasteiger partial charge is 0.170 e. The maximum Gasteiger partial charge on any atom is 0.170 e. The van der Waals surface area contributed by atoms with E-state index >= 15 is 0 Å².